The van der Waals surface area contributed by atoms with Gasteiger partial charge >= 0.3 is 0 Å². The van der Waals surface area contributed by atoms with Crippen LogP contribution in [0.15, 0.2) is 47.6 Å². The Morgan fingerprint density at radius 3 is 2.75 bits per heavy atom. The Hall–Kier alpha value is -2.80. The molecule has 1 heterocycles. The minimum absolute atomic E-state index is 0.0546. The van der Waals surface area contributed by atoms with Crippen LogP contribution >= 0.6 is 11.8 Å². The van der Waals surface area contributed by atoms with E-state index in [9.17, 15) is 4.79 Å². The SMILES string of the molecule is COc1cccc(CNC(=O)CSc2nnc(C)n2-c2cc(C)ccc2C)c1. The Morgan fingerprint density at radius 2 is 1.96 bits per heavy atom. The lowest BCUT2D eigenvalue weighted by molar-refractivity contribution is -0.118. The summed E-state index contributed by atoms with van der Waals surface area (Å²) < 4.78 is 7.21. The number of aryl methyl sites for hydroxylation is 3. The van der Waals surface area contributed by atoms with Crippen LogP contribution in [0.5, 0.6) is 5.75 Å². The molecule has 1 aromatic heterocycles. The lowest BCUT2D eigenvalue weighted by Crippen LogP contribution is -2.24. The van der Waals surface area contributed by atoms with E-state index >= 15 is 0 Å². The first kappa shape index (κ1) is 19.9. The number of carbonyl (C=O) groups excluding carboxylic acids is 1. The van der Waals surface area contributed by atoms with Crippen LogP contribution in [0.2, 0.25) is 0 Å². The Balaban J connectivity index is 1.65. The van der Waals surface area contributed by atoms with Gasteiger partial charge in [-0.25, -0.2) is 0 Å². The van der Waals surface area contributed by atoms with E-state index in [-0.39, 0.29) is 11.7 Å². The van der Waals surface area contributed by atoms with Gasteiger partial charge in [-0.3, -0.25) is 9.36 Å². The van der Waals surface area contributed by atoms with Crippen molar-refractivity contribution in [2.24, 2.45) is 0 Å². The van der Waals surface area contributed by atoms with E-state index in [2.05, 4.69) is 47.6 Å². The van der Waals surface area contributed by atoms with Gasteiger partial charge in [-0.1, -0.05) is 36.0 Å². The van der Waals surface area contributed by atoms with E-state index in [1.54, 1.807) is 7.11 Å². The fraction of sp³-hybridized carbons (Fsp3) is 0.286. The molecule has 146 valence electrons. The van der Waals surface area contributed by atoms with Gasteiger partial charge in [0.25, 0.3) is 0 Å². The van der Waals surface area contributed by atoms with Crippen molar-refractivity contribution in [2.45, 2.75) is 32.5 Å². The lowest BCUT2D eigenvalue weighted by atomic mass is 10.1. The Bertz CT molecular complexity index is 984. The van der Waals surface area contributed by atoms with E-state index in [1.807, 2.05) is 35.8 Å². The fourth-order valence-corrected chi connectivity index (χ4v) is 3.66. The molecule has 0 spiro atoms. The number of benzene rings is 2. The molecule has 3 aromatic rings. The van der Waals surface area contributed by atoms with Crippen molar-refractivity contribution < 1.29 is 9.53 Å². The number of amides is 1. The van der Waals surface area contributed by atoms with Crippen LogP contribution in [0.4, 0.5) is 0 Å². The molecular weight excluding hydrogens is 372 g/mol. The Morgan fingerprint density at radius 1 is 1.14 bits per heavy atom. The molecule has 7 heteroatoms. The zero-order chi connectivity index (χ0) is 20.1. The number of nitrogens with one attached hydrogen (secondary N) is 1. The average molecular weight is 397 g/mol. The molecule has 2 aromatic carbocycles. The maximum Gasteiger partial charge on any atom is 0.230 e. The van der Waals surface area contributed by atoms with Crippen LogP contribution < -0.4 is 10.1 Å². The zero-order valence-corrected chi connectivity index (χ0v) is 17.3. The summed E-state index contributed by atoms with van der Waals surface area (Å²) in [4.78, 5) is 12.3. The van der Waals surface area contributed by atoms with E-state index in [0.717, 1.165) is 28.4 Å². The number of hydrogen-bond donors (Lipinski definition) is 1. The van der Waals surface area contributed by atoms with E-state index in [1.165, 1.54) is 17.3 Å². The molecule has 0 aliphatic carbocycles. The number of nitrogens with zero attached hydrogens (tertiary/aromatic N) is 3. The highest BCUT2D eigenvalue weighted by Gasteiger charge is 2.15. The summed E-state index contributed by atoms with van der Waals surface area (Å²) in [5, 5.41) is 12.1. The van der Waals surface area contributed by atoms with Gasteiger partial charge in [-0.15, -0.1) is 10.2 Å². The highest BCUT2D eigenvalue weighted by atomic mass is 32.2. The molecule has 1 N–H and O–H groups in total. The van der Waals surface area contributed by atoms with Gasteiger partial charge in [0.15, 0.2) is 5.16 Å². The summed E-state index contributed by atoms with van der Waals surface area (Å²) in [5.41, 5.74) is 4.34. The molecule has 3 rings (SSSR count). The predicted octanol–water partition coefficient (Wildman–Crippen LogP) is 3.61. The molecule has 0 unspecified atom stereocenters. The average Bonchev–Trinajstić information content (AvgIpc) is 3.07. The molecule has 6 nitrogen and oxygen atoms in total. The first-order chi connectivity index (χ1) is 13.5. The van der Waals surface area contributed by atoms with Crippen molar-refractivity contribution >= 4 is 17.7 Å². The quantitative estimate of drug-likeness (QED) is 0.618. The third-order valence-corrected chi connectivity index (χ3v) is 5.29. The highest BCUT2D eigenvalue weighted by molar-refractivity contribution is 7.99. The van der Waals surface area contributed by atoms with Crippen LogP contribution in [0.1, 0.15) is 22.5 Å². The number of aromatic nitrogens is 3. The van der Waals surface area contributed by atoms with Crippen LogP contribution in [0, 0.1) is 20.8 Å². The first-order valence-electron chi connectivity index (χ1n) is 9.00. The van der Waals surface area contributed by atoms with Crippen molar-refractivity contribution in [2.75, 3.05) is 12.9 Å². The normalized spacial score (nSPS) is 10.7. The van der Waals surface area contributed by atoms with Crippen molar-refractivity contribution in [3.8, 4) is 11.4 Å². The van der Waals surface area contributed by atoms with Crippen LogP contribution in [0.3, 0.4) is 0 Å². The predicted molar refractivity (Wildman–Crippen MR) is 111 cm³/mol. The van der Waals surface area contributed by atoms with Gasteiger partial charge in [-0.2, -0.15) is 0 Å². The Labute approximate surface area is 169 Å². The number of carbonyl (C=O) groups is 1. The zero-order valence-electron chi connectivity index (χ0n) is 16.5. The molecule has 0 bridgehead atoms. The second-order valence-electron chi connectivity index (χ2n) is 6.57. The summed E-state index contributed by atoms with van der Waals surface area (Å²) in [6.45, 7) is 6.49. The first-order valence-corrected chi connectivity index (χ1v) is 9.98. The van der Waals surface area contributed by atoms with Gasteiger partial charge in [0, 0.05) is 6.54 Å². The molecule has 0 radical (unpaired) electrons. The molecule has 0 saturated carbocycles. The van der Waals surface area contributed by atoms with Gasteiger partial charge < -0.3 is 10.1 Å². The summed E-state index contributed by atoms with van der Waals surface area (Å²) in [5.74, 6) is 1.79. The summed E-state index contributed by atoms with van der Waals surface area (Å²) >= 11 is 1.38. The van der Waals surface area contributed by atoms with Crippen LogP contribution in [0.25, 0.3) is 5.69 Å². The standard InChI is InChI=1S/C21H24N4O2S/c1-14-8-9-15(2)19(10-14)25-16(3)23-24-21(25)28-13-20(26)22-12-17-6-5-7-18(11-17)27-4/h5-11H,12-13H2,1-4H3,(H,22,26). The number of thioether (sulfide) groups is 1. The molecule has 28 heavy (non-hydrogen) atoms. The summed E-state index contributed by atoms with van der Waals surface area (Å²) in [6.07, 6.45) is 0. The molecular formula is C21H24N4O2S. The molecule has 1 amide bonds. The Kier molecular flexibility index (Phi) is 6.36. The summed E-state index contributed by atoms with van der Waals surface area (Å²) in [7, 11) is 1.63. The number of hydrogen-bond acceptors (Lipinski definition) is 5. The second kappa shape index (κ2) is 8.93. The topological polar surface area (TPSA) is 69.0 Å². The maximum absolute atomic E-state index is 12.3. The molecule has 0 aliphatic heterocycles. The lowest BCUT2D eigenvalue weighted by Gasteiger charge is -2.12. The molecule has 0 saturated heterocycles. The number of methoxy groups -OCH3 is 1. The van der Waals surface area contributed by atoms with Gasteiger partial charge in [0.05, 0.1) is 18.6 Å². The van der Waals surface area contributed by atoms with Gasteiger partial charge in [0.2, 0.25) is 5.91 Å². The largest absolute Gasteiger partial charge is 0.497 e. The number of ether oxygens (including phenoxy) is 1. The smallest absolute Gasteiger partial charge is 0.230 e. The number of rotatable bonds is 7. The third-order valence-electron chi connectivity index (χ3n) is 4.36. The van der Waals surface area contributed by atoms with E-state index in [0.29, 0.717) is 11.7 Å². The van der Waals surface area contributed by atoms with E-state index in [4.69, 9.17) is 4.74 Å². The highest BCUT2D eigenvalue weighted by Crippen LogP contribution is 2.24. The van der Waals surface area contributed by atoms with Crippen molar-refractivity contribution in [3.05, 3.63) is 65.0 Å². The van der Waals surface area contributed by atoms with Gasteiger partial charge in [-0.05, 0) is 55.7 Å². The minimum atomic E-state index is -0.0546. The van der Waals surface area contributed by atoms with Crippen molar-refractivity contribution in [3.63, 3.8) is 0 Å². The third kappa shape index (κ3) is 4.72. The van der Waals surface area contributed by atoms with Crippen molar-refractivity contribution in [1.29, 1.82) is 0 Å². The van der Waals surface area contributed by atoms with Gasteiger partial charge in [0.1, 0.15) is 11.6 Å². The molecule has 0 aliphatic rings. The molecule has 0 fully saturated rings. The maximum atomic E-state index is 12.3. The second-order valence-corrected chi connectivity index (χ2v) is 7.51. The van der Waals surface area contributed by atoms with Crippen LogP contribution in [-0.2, 0) is 11.3 Å². The minimum Gasteiger partial charge on any atom is -0.497 e. The monoisotopic (exact) mass is 396 g/mol. The summed E-state index contributed by atoms with van der Waals surface area (Å²) in [6, 6.07) is 13.9. The fourth-order valence-electron chi connectivity index (χ4n) is 2.84. The molecule has 0 atom stereocenters. The van der Waals surface area contributed by atoms with Crippen molar-refractivity contribution in [1.82, 2.24) is 20.1 Å². The van der Waals surface area contributed by atoms with Crippen LogP contribution in [-0.4, -0.2) is 33.5 Å². The van der Waals surface area contributed by atoms with E-state index < -0.39 is 0 Å².